The minimum Gasteiger partial charge on any atom is -0.481 e. The maximum Gasteiger partial charge on any atom is 0.307 e. The van der Waals surface area contributed by atoms with Gasteiger partial charge < -0.3 is 44.5 Å². The zero-order chi connectivity index (χ0) is 32.5. The van der Waals surface area contributed by atoms with Crippen LogP contribution in [0, 0.1) is 5.41 Å². The van der Waals surface area contributed by atoms with Gasteiger partial charge in [0, 0.05) is 19.5 Å². The fourth-order valence-electron chi connectivity index (χ4n) is 4.35. The number of nitrogens with one attached hydrogen (secondary N) is 1. The molecule has 0 bridgehead atoms. The summed E-state index contributed by atoms with van der Waals surface area (Å²) in [6, 6.07) is 8.02. The molecule has 15 nitrogen and oxygen atoms in total. The van der Waals surface area contributed by atoms with Crippen molar-refractivity contribution in [2.75, 3.05) is 46.1 Å². The van der Waals surface area contributed by atoms with Crippen LogP contribution in [0.4, 0.5) is 0 Å². The number of rotatable bonds is 21. The predicted molar refractivity (Wildman–Crippen MR) is 150 cm³/mol. The molecule has 1 aromatic rings. The van der Waals surface area contributed by atoms with Gasteiger partial charge in [0.15, 0.2) is 0 Å². The van der Waals surface area contributed by atoms with Crippen molar-refractivity contribution in [2.24, 2.45) is 5.41 Å². The number of aliphatic carboxylic acids is 3. The van der Waals surface area contributed by atoms with Crippen LogP contribution in [0.3, 0.4) is 0 Å². The Bertz CT molecular complexity index is 1110. The fourth-order valence-corrected chi connectivity index (χ4v) is 4.35. The van der Waals surface area contributed by atoms with Crippen molar-refractivity contribution < 1.29 is 63.0 Å². The Labute approximate surface area is 254 Å². The minimum atomic E-state index is -1.44. The number of hydrogen-bond acceptors (Lipinski definition) is 10. The van der Waals surface area contributed by atoms with E-state index in [0.29, 0.717) is 0 Å². The van der Waals surface area contributed by atoms with Gasteiger partial charge in [-0.2, -0.15) is 0 Å². The van der Waals surface area contributed by atoms with Crippen molar-refractivity contribution >= 4 is 35.7 Å². The Hall–Kier alpha value is -4.08. The van der Waals surface area contributed by atoms with Gasteiger partial charge in [-0.05, 0) is 12.5 Å². The third kappa shape index (κ3) is 13.1. The lowest BCUT2D eigenvalue weighted by Crippen LogP contribution is -2.53. The van der Waals surface area contributed by atoms with Gasteiger partial charge in [-0.25, -0.2) is 0 Å². The van der Waals surface area contributed by atoms with E-state index < -0.39 is 53.3 Å². The maximum atomic E-state index is 13.9. The highest BCUT2D eigenvalue weighted by atomic mass is 16.5. The molecule has 2 rings (SSSR count). The summed E-state index contributed by atoms with van der Waals surface area (Å²) in [5.41, 5.74) is -0.631. The zero-order valence-corrected chi connectivity index (χ0v) is 24.6. The van der Waals surface area contributed by atoms with Crippen LogP contribution in [0.2, 0.25) is 0 Å². The first kappa shape index (κ1) is 36.1. The number of nitrogens with zero attached hydrogens (tertiary/aromatic N) is 1. The Morgan fingerprint density at radius 3 is 2.00 bits per heavy atom. The van der Waals surface area contributed by atoms with Gasteiger partial charge in [-0.1, -0.05) is 30.3 Å². The second kappa shape index (κ2) is 18.6. The van der Waals surface area contributed by atoms with E-state index in [1.165, 1.54) is 11.8 Å². The van der Waals surface area contributed by atoms with Crippen LogP contribution in [0.1, 0.15) is 44.6 Å². The number of esters is 1. The SMILES string of the molecule is CC(COCCC(=O)O)(COCCC(=O)O)C(=O)N1C[C@H](OCCC(=O)O)C[C@H]1C(=O)NCCC(=O)OCc1ccccc1. The summed E-state index contributed by atoms with van der Waals surface area (Å²) in [5.74, 6) is -4.97. The van der Waals surface area contributed by atoms with Crippen LogP contribution in [0.5, 0.6) is 0 Å². The highest BCUT2D eigenvalue weighted by Crippen LogP contribution is 2.29. The summed E-state index contributed by atoms with van der Waals surface area (Å²) in [6.07, 6.45) is -1.65. The van der Waals surface area contributed by atoms with Crippen LogP contribution in [-0.2, 0) is 54.3 Å². The molecule has 1 saturated heterocycles. The van der Waals surface area contributed by atoms with E-state index in [1.54, 1.807) is 12.1 Å². The molecule has 0 unspecified atom stereocenters. The topological polar surface area (TPSA) is 215 Å². The largest absolute Gasteiger partial charge is 0.481 e. The van der Waals surface area contributed by atoms with E-state index in [4.69, 9.17) is 34.3 Å². The van der Waals surface area contributed by atoms with E-state index in [9.17, 15) is 28.8 Å². The number of carbonyl (C=O) groups excluding carboxylic acids is 3. The number of hydrogen-bond donors (Lipinski definition) is 4. The molecule has 0 aliphatic carbocycles. The molecule has 15 heteroatoms. The molecule has 1 aliphatic heterocycles. The van der Waals surface area contributed by atoms with Crippen LogP contribution < -0.4 is 5.32 Å². The van der Waals surface area contributed by atoms with E-state index in [-0.39, 0.29) is 84.8 Å². The highest BCUT2D eigenvalue weighted by Gasteiger charge is 2.46. The molecule has 1 aliphatic rings. The van der Waals surface area contributed by atoms with Gasteiger partial charge in [0.25, 0.3) is 0 Å². The first-order valence-electron chi connectivity index (χ1n) is 14.1. The van der Waals surface area contributed by atoms with Crippen molar-refractivity contribution in [3.8, 4) is 0 Å². The molecule has 44 heavy (non-hydrogen) atoms. The van der Waals surface area contributed by atoms with Crippen LogP contribution in [0.25, 0.3) is 0 Å². The van der Waals surface area contributed by atoms with Gasteiger partial charge in [-0.3, -0.25) is 28.8 Å². The van der Waals surface area contributed by atoms with Crippen LogP contribution in [-0.4, -0.2) is 114 Å². The number of carboxylic acid groups (broad SMARTS) is 3. The van der Waals surface area contributed by atoms with Gasteiger partial charge >= 0.3 is 23.9 Å². The van der Waals surface area contributed by atoms with E-state index in [0.717, 1.165) is 5.56 Å². The first-order valence-corrected chi connectivity index (χ1v) is 14.1. The highest BCUT2D eigenvalue weighted by molar-refractivity contribution is 5.91. The minimum absolute atomic E-state index is 0.0471. The van der Waals surface area contributed by atoms with Crippen molar-refractivity contribution in [3.63, 3.8) is 0 Å². The Kier molecular flexibility index (Phi) is 15.2. The Morgan fingerprint density at radius 1 is 0.864 bits per heavy atom. The molecule has 0 radical (unpaired) electrons. The molecule has 1 heterocycles. The summed E-state index contributed by atoms with van der Waals surface area (Å²) in [4.78, 5) is 73.3. The summed E-state index contributed by atoms with van der Waals surface area (Å²) in [6.45, 7) is 0.347. The lowest BCUT2D eigenvalue weighted by molar-refractivity contribution is -0.155. The summed E-state index contributed by atoms with van der Waals surface area (Å²) >= 11 is 0. The summed E-state index contributed by atoms with van der Waals surface area (Å²) in [5, 5.41) is 29.4. The molecule has 0 spiro atoms. The zero-order valence-electron chi connectivity index (χ0n) is 24.6. The number of carboxylic acids is 3. The quantitative estimate of drug-likeness (QED) is 0.110. The lowest BCUT2D eigenvalue weighted by atomic mass is 9.90. The normalized spacial score (nSPS) is 16.3. The molecule has 244 valence electrons. The van der Waals surface area contributed by atoms with E-state index in [2.05, 4.69) is 5.32 Å². The van der Waals surface area contributed by atoms with Gasteiger partial charge in [0.1, 0.15) is 12.6 Å². The predicted octanol–water partition coefficient (Wildman–Crippen LogP) is 0.686. The number of amides is 2. The van der Waals surface area contributed by atoms with Crippen molar-refractivity contribution in [1.29, 1.82) is 0 Å². The van der Waals surface area contributed by atoms with E-state index in [1.807, 2.05) is 18.2 Å². The smallest absolute Gasteiger partial charge is 0.307 e. The lowest BCUT2D eigenvalue weighted by Gasteiger charge is -2.34. The first-order chi connectivity index (χ1) is 20.9. The van der Waals surface area contributed by atoms with Crippen molar-refractivity contribution in [3.05, 3.63) is 35.9 Å². The molecule has 0 aromatic heterocycles. The summed E-state index contributed by atoms with van der Waals surface area (Å²) < 4.78 is 21.8. The molecule has 1 fully saturated rings. The number of likely N-dealkylation sites (tertiary alicyclic amines) is 1. The van der Waals surface area contributed by atoms with Crippen LogP contribution in [0.15, 0.2) is 30.3 Å². The molecule has 2 atom stereocenters. The number of benzene rings is 1. The monoisotopic (exact) mass is 624 g/mol. The third-order valence-electron chi connectivity index (χ3n) is 6.64. The molecular formula is C29H40N2O13. The van der Waals surface area contributed by atoms with Crippen molar-refractivity contribution in [2.45, 2.75) is 57.8 Å². The number of ether oxygens (including phenoxy) is 4. The number of carbonyl (C=O) groups is 6. The molecule has 4 N–H and O–H groups in total. The second-order valence-electron chi connectivity index (χ2n) is 10.5. The Morgan fingerprint density at radius 2 is 1.43 bits per heavy atom. The third-order valence-corrected chi connectivity index (χ3v) is 6.64. The average molecular weight is 625 g/mol. The fraction of sp³-hybridized carbons (Fsp3) is 0.586. The Balaban J connectivity index is 2.09. The molecule has 0 saturated carbocycles. The van der Waals surface area contributed by atoms with E-state index >= 15 is 0 Å². The van der Waals surface area contributed by atoms with Crippen LogP contribution >= 0.6 is 0 Å². The van der Waals surface area contributed by atoms with Gasteiger partial charge in [-0.15, -0.1) is 0 Å². The molecule has 1 aromatic carbocycles. The van der Waals surface area contributed by atoms with Gasteiger partial charge in [0.2, 0.25) is 11.8 Å². The maximum absolute atomic E-state index is 13.9. The second-order valence-corrected chi connectivity index (χ2v) is 10.5. The van der Waals surface area contributed by atoms with Crippen molar-refractivity contribution in [1.82, 2.24) is 10.2 Å². The summed E-state index contributed by atoms with van der Waals surface area (Å²) in [7, 11) is 0. The average Bonchev–Trinajstić information content (AvgIpc) is 3.40. The molecular weight excluding hydrogens is 584 g/mol. The molecule has 2 amide bonds. The van der Waals surface area contributed by atoms with Gasteiger partial charge in [0.05, 0.1) is 70.2 Å². The standard InChI is InChI=1S/C29H40N2O13/c1-29(18-41-12-8-23(32)33,19-42-13-9-24(34)35)28(40)31-16-21(43-14-10-25(36)37)15-22(31)27(39)30-11-7-26(38)44-17-20-5-3-2-4-6-20/h2-6,21-22H,7-19H2,1H3,(H,30,39)(H,32,33)(H,34,35)(H,36,37)/t21-,22+/m1/s1.